The molecule has 0 aromatic rings. The van der Waals surface area contributed by atoms with Crippen molar-refractivity contribution in [3.8, 4) is 0 Å². The summed E-state index contributed by atoms with van der Waals surface area (Å²) in [6.45, 7) is 22.5. The van der Waals surface area contributed by atoms with Crippen LogP contribution in [0.15, 0.2) is 0 Å². The molecule has 19 atom stereocenters. The lowest BCUT2D eigenvalue weighted by Gasteiger charge is -2.20. The molecule has 19 heteroatoms. The van der Waals surface area contributed by atoms with Crippen LogP contribution < -0.4 is 0 Å². The predicted octanol–water partition coefficient (Wildman–Crippen LogP) is 16.0. The van der Waals surface area contributed by atoms with E-state index in [9.17, 15) is 28.8 Å². The lowest BCUT2D eigenvalue weighted by atomic mass is 9.90. The minimum absolute atomic E-state index is 0.00241. The van der Waals surface area contributed by atoms with Gasteiger partial charge in [0.25, 0.3) is 0 Å². The van der Waals surface area contributed by atoms with Crippen molar-refractivity contribution in [3.05, 3.63) is 0 Å². The Labute approximate surface area is 602 Å². The first-order chi connectivity index (χ1) is 48.4. The van der Waals surface area contributed by atoms with Crippen LogP contribution >= 0.6 is 0 Å². The number of hydrogen-bond acceptors (Lipinski definition) is 19. The molecule has 0 N–H and O–H groups in total. The second-order valence-electron chi connectivity index (χ2n) is 32.0. The van der Waals surface area contributed by atoms with Crippen molar-refractivity contribution in [1.82, 2.24) is 0 Å². The average molecular weight is 1420 g/mol. The van der Waals surface area contributed by atoms with E-state index >= 15 is 0 Å². The highest BCUT2D eigenvalue weighted by atomic mass is 16.6. The summed E-state index contributed by atoms with van der Waals surface area (Å²) in [5, 5.41) is 0. The Balaban J connectivity index is 0.000000169. The molecular weight excluding hydrogens is 1280 g/mol. The van der Waals surface area contributed by atoms with Crippen LogP contribution in [0.25, 0.3) is 0 Å². The van der Waals surface area contributed by atoms with Crippen LogP contribution in [0.2, 0.25) is 0 Å². The number of esters is 6. The van der Waals surface area contributed by atoms with Crippen LogP contribution in [0, 0.1) is 53.3 Å². The number of hydrogen-bond donors (Lipinski definition) is 0. The van der Waals surface area contributed by atoms with E-state index in [1.165, 1.54) is 57.8 Å². The lowest BCUT2D eigenvalue weighted by molar-refractivity contribution is -0.151. The Morgan fingerprint density at radius 2 is 0.630 bits per heavy atom. The van der Waals surface area contributed by atoms with E-state index in [1.807, 2.05) is 34.6 Å². The zero-order valence-electron chi connectivity index (χ0n) is 63.7. The minimum atomic E-state index is -0.254. The van der Waals surface area contributed by atoms with Crippen LogP contribution in [0.5, 0.6) is 0 Å². The highest BCUT2D eigenvalue weighted by molar-refractivity contribution is 5.73. The molecule has 576 valence electrons. The molecule has 6 aliphatic heterocycles. The Hall–Kier alpha value is -3.46. The minimum Gasteiger partial charge on any atom is -0.465 e. The van der Waals surface area contributed by atoms with Gasteiger partial charge in [0.05, 0.1) is 125 Å². The molecule has 12 fully saturated rings. The van der Waals surface area contributed by atoms with Gasteiger partial charge in [-0.05, 0) is 190 Å². The molecule has 0 radical (unpaired) electrons. The highest BCUT2D eigenvalue weighted by Gasteiger charge is 2.48. The molecule has 0 bridgehead atoms. The van der Waals surface area contributed by atoms with Crippen LogP contribution in [0.1, 0.15) is 300 Å². The smallest absolute Gasteiger partial charge is 0.332 e. The number of rotatable bonds is 37. The summed E-state index contributed by atoms with van der Waals surface area (Å²) in [6, 6.07) is 0. The molecule has 0 aromatic carbocycles. The Bertz CT molecular complexity index is 2330. The zero-order valence-corrected chi connectivity index (χ0v) is 63.7. The summed E-state index contributed by atoms with van der Waals surface area (Å²) in [5.41, 5.74) is 0. The third kappa shape index (κ3) is 34.6. The van der Waals surface area contributed by atoms with Crippen LogP contribution in [0.3, 0.4) is 0 Å². The first-order valence-electron chi connectivity index (χ1n) is 40.9. The molecule has 0 aromatic heterocycles. The van der Waals surface area contributed by atoms with Crippen LogP contribution in [0.4, 0.5) is 0 Å². The summed E-state index contributed by atoms with van der Waals surface area (Å²) in [4.78, 5) is 68.9. The Kier molecular flexibility index (Phi) is 39.0. The molecule has 12 rings (SSSR count). The molecule has 6 heterocycles. The van der Waals surface area contributed by atoms with Gasteiger partial charge in [0, 0.05) is 25.9 Å². The second kappa shape index (κ2) is 46.5. The Morgan fingerprint density at radius 1 is 0.330 bits per heavy atom. The van der Waals surface area contributed by atoms with Gasteiger partial charge in [-0.15, -0.1) is 0 Å². The van der Waals surface area contributed by atoms with Crippen molar-refractivity contribution in [2.45, 2.75) is 373 Å². The fourth-order valence-electron chi connectivity index (χ4n) is 15.2. The summed E-state index contributed by atoms with van der Waals surface area (Å²) < 4.78 is 69.6. The number of carbonyl (C=O) groups excluding carboxylic acids is 6. The van der Waals surface area contributed by atoms with E-state index in [-0.39, 0.29) is 54.3 Å². The molecule has 0 amide bonds. The molecule has 6 saturated carbocycles. The maximum Gasteiger partial charge on any atom is 0.332 e. The Morgan fingerprint density at radius 3 is 0.930 bits per heavy atom. The van der Waals surface area contributed by atoms with Gasteiger partial charge in [-0.1, -0.05) is 132 Å². The van der Waals surface area contributed by atoms with Gasteiger partial charge in [-0.2, -0.15) is 0 Å². The first-order valence-corrected chi connectivity index (χ1v) is 40.9. The van der Waals surface area contributed by atoms with Crippen molar-refractivity contribution in [2.75, 3.05) is 52.9 Å². The van der Waals surface area contributed by atoms with Gasteiger partial charge in [-0.3, -0.25) is 24.0 Å². The topological polar surface area (TPSA) is 242 Å². The van der Waals surface area contributed by atoms with Gasteiger partial charge in [0.2, 0.25) is 0 Å². The summed E-state index contributed by atoms with van der Waals surface area (Å²) in [7, 11) is 0. The van der Waals surface area contributed by atoms with Crippen LogP contribution in [-0.2, 0) is 90.3 Å². The zero-order chi connectivity index (χ0) is 71.6. The van der Waals surface area contributed by atoms with E-state index in [0.29, 0.717) is 180 Å². The number of carbonyl (C=O) groups is 6. The van der Waals surface area contributed by atoms with E-state index in [0.717, 1.165) is 161 Å². The predicted molar refractivity (Wildman–Crippen MR) is 382 cm³/mol. The quantitative estimate of drug-likeness (QED) is 0.0243. The maximum atomic E-state index is 12.0. The van der Waals surface area contributed by atoms with Gasteiger partial charge in [0.1, 0.15) is 6.61 Å². The van der Waals surface area contributed by atoms with Crippen molar-refractivity contribution in [2.24, 2.45) is 53.3 Å². The third-order valence-corrected chi connectivity index (χ3v) is 22.2. The molecule has 100 heavy (non-hydrogen) atoms. The molecule has 19 unspecified atom stereocenters. The van der Waals surface area contributed by atoms with Crippen molar-refractivity contribution < 1.29 is 90.3 Å². The fourth-order valence-corrected chi connectivity index (χ4v) is 15.2. The molecule has 0 spiro atoms. The van der Waals surface area contributed by atoms with E-state index in [4.69, 9.17) is 61.6 Å². The van der Waals surface area contributed by atoms with E-state index in [2.05, 4.69) is 27.7 Å². The largest absolute Gasteiger partial charge is 0.465 e. The molecule has 6 aliphatic carbocycles. The highest BCUT2D eigenvalue weighted by Crippen LogP contribution is 2.44. The summed E-state index contributed by atoms with van der Waals surface area (Å²) in [5.74, 6) is 3.26. The second-order valence-corrected chi connectivity index (χ2v) is 32.0. The van der Waals surface area contributed by atoms with Gasteiger partial charge in [-0.25, -0.2) is 4.79 Å². The molecule has 12 aliphatic rings. The SMILES string of the molecule is CC(C)C(=O)OCC1CCC2OC2C1.CC(C)CC(=O)OCC1CCC2OC2C1.CCCCC(CC)C(=O)OCC1CCC2OC2C1.CCCCCCCC(=O)OCC1CCC2OC2C1.CCCCCCCCCC(=O)OCC1CCC2OC2C1.CCOCC(=O)OCC1CCC2OC2C1. The fraction of sp³-hybridized carbons (Fsp3) is 0.926. The lowest BCUT2D eigenvalue weighted by Crippen LogP contribution is -2.24. The van der Waals surface area contributed by atoms with Crippen LogP contribution in [-0.4, -0.2) is 162 Å². The van der Waals surface area contributed by atoms with Gasteiger partial charge < -0.3 is 61.6 Å². The van der Waals surface area contributed by atoms with E-state index in [1.54, 1.807) is 0 Å². The monoisotopic (exact) mass is 1410 g/mol. The number of ether oxygens (including phenoxy) is 13. The maximum absolute atomic E-state index is 12.0. The van der Waals surface area contributed by atoms with Crippen molar-refractivity contribution in [1.29, 1.82) is 0 Å². The summed E-state index contributed by atoms with van der Waals surface area (Å²) >= 11 is 0. The summed E-state index contributed by atoms with van der Waals surface area (Å²) in [6.07, 6.45) is 46.8. The standard InChI is InChI=1S/C17H30O3.2C15H26O3.C12H20O3.C11H18O4.C11H18O3/c1-2-3-4-5-6-7-8-9-17(18)19-13-14-10-11-15-16(12-14)20-15;1-3-5-6-12(4-2)15(16)17-10-11-7-8-13-14(9-11)18-13;1-2-3-4-5-6-7-15(16)17-11-12-8-9-13-14(10-12)18-13;1-8(2)5-12(13)14-7-9-3-4-10-11(6-9)15-10;1-2-13-7-11(12)14-6-8-3-4-9-10(5-8)15-9;1-7(2)11(12)13-6-8-3-4-9-10(5-8)14-9/h14-16H,2-13H2,1H3;11-14H,3-10H2,1-2H3;12-14H,2-11H2,1H3;8-11H,3-7H2,1-2H3;8-10H,2-7H2,1H3;7-10H,3-6H2,1-2H3. The molecular formula is C81H138O19. The molecule has 6 saturated heterocycles. The number of fused-ring (bicyclic) bond motifs is 6. The van der Waals surface area contributed by atoms with Gasteiger partial charge in [0.15, 0.2) is 0 Å². The van der Waals surface area contributed by atoms with Gasteiger partial charge >= 0.3 is 35.8 Å². The number of unbranched alkanes of at least 4 members (excludes halogenated alkanes) is 11. The van der Waals surface area contributed by atoms with Crippen molar-refractivity contribution >= 4 is 35.8 Å². The van der Waals surface area contributed by atoms with E-state index < -0.39 is 0 Å². The molecule has 19 nitrogen and oxygen atoms in total. The average Bonchev–Trinajstić information content (AvgIpc) is 1.73. The normalized spacial score (nSPS) is 31.6. The first kappa shape index (κ1) is 83.8. The number of epoxide rings is 6. The van der Waals surface area contributed by atoms with Crippen molar-refractivity contribution in [3.63, 3.8) is 0 Å². The third-order valence-electron chi connectivity index (χ3n) is 22.2.